The second kappa shape index (κ2) is 15.6. The van der Waals surface area contributed by atoms with Crippen LogP contribution in [0.1, 0.15) is 46.2 Å². The molecule has 14 heteroatoms. The van der Waals surface area contributed by atoms with Crippen molar-refractivity contribution in [2.45, 2.75) is 63.4 Å². The maximum absolute atomic E-state index is 14.2. The summed E-state index contributed by atoms with van der Waals surface area (Å²) in [6.07, 6.45) is -4.39. The molecule has 3 aliphatic heterocycles. The fourth-order valence-corrected chi connectivity index (χ4v) is 7.62. The predicted molar refractivity (Wildman–Crippen MR) is 193 cm³/mol. The highest BCUT2D eigenvalue weighted by molar-refractivity contribution is 6.33. The number of benzene rings is 3. The number of anilines is 2. The summed E-state index contributed by atoms with van der Waals surface area (Å²) < 4.78 is 47.5. The number of nitrogens with zero attached hydrogens (tertiary/aromatic N) is 4. The summed E-state index contributed by atoms with van der Waals surface area (Å²) in [4.78, 5) is 47.9. The monoisotopic (exact) mass is 740 g/mol. The molecule has 0 aromatic heterocycles. The molecule has 52 heavy (non-hydrogen) atoms. The number of hydrogen-bond acceptors (Lipinski definition) is 6. The Bertz CT molecular complexity index is 1810. The first-order chi connectivity index (χ1) is 24.8. The van der Waals surface area contributed by atoms with Crippen molar-refractivity contribution in [3.05, 3.63) is 93.0 Å². The summed E-state index contributed by atoms with van der Waals surface area (Å²) in [5.41, 5.74) is 9.27. The molecule has 3 aliphatic rings. The highest BCUT2D eigenvalue weighted by Crippen LogP contribution is 2.38. The van der Waals surface area contributed by atoms with Crippen molar-refractivity contribution >= 4 is 41.0 Å². The van der Waals surface area contributed by atoms with E-state index in [0.717, 1.165) is 40.6 Å². The van der Waals surface area contributed by atoms with Gasteiger partial charge in [0.1, 0.15) is 0 Å². The number of nitrogens with one attached hydrogen (secondary N) is 1. The van der Waals surface area contributed by atoms with Gasteiger partial charge in [0.05, 0.1) is 16.3 Å². The van der Waals surface area contributed by atoms with Gasteiger partial charge in [0.15, 0.2) is 6.10 Å². The third kappa shape index (κ3) is 8.58. The molecule has 1 atom stereocenters. The van der Waals surface area contributed by atoms with Crippen LogP contribution in [0.15, 0.2) is 54.6 Å². The lowest BCUT2D eigenvalue weighted by atomic mass is 10.00. The zero-order chi connectivity index (χ0) is 37.2. The summed E-state index contributed by atoms with van der Waals surface area (Å²) in [6.45, 7) is 2.58. The number of ether oxygens (including phenoxy) is 1. The summed E-state index contributed by atoms with van der Waals surface area (Å²) in [5, 5.41) is 2.69. The first-order valence-corrected chi connectivity index (χ1v) is 17.9. The number of carbonyl (C=O) groups is 3. The Kier molecular flexibility index (Phi) is 11.2. The average Bonchev–Trinajstić information content (AvgIpc) is 3.41. The van der Waals surface area contributed by atoms with Gasteiger partial charge in [-0.05, 0) is 92.2 Å². The second-order valence-electron chi connectivity index (χ2n) is 14.0. The van der Waals surface area contributed by atoms with Gasteiger partial charge in [-0.15, -0.1) is 0 Å². The van der Waals surface area contributed by atoms with Gasteiger partial charge in [0.25, 0.3) is 5.91 Å². The lowest BCUT2D eigenvalue weighted by molar-refractivity contribution is -0.140. The first-order valence-electron chi connectivity index (χ1n) is 17.6. The smallest absolute Gasteiger partial charge is 0.418 e. The Labute approximate surface area is 306 Å². The number of hydrogen-bond donors (Lipinski definition) is 2. The molecule has 0 spiro atoms. The number of amides is 4. The number of halogens is 4. The molecule has 3 aromatic carbocycles. The lowest BCUT2D eigenvalue weighted by Crippen LogP contribution is -2.51. The quantitative estimate of drug-likeness (QED) is 0.278. The van der Waals surface area contributed by atoms with Crippen LogP contribution in [-0.4, -0.2) is 96.6 Å². The molecule has 1 saturated heterocycles. The number of rotatable bonds is 7. The van der Waals surface area contributed by atoms with Crippen LogP contribution in [0.25, 0.3) is 0 Å². The van der Waals surface area contributed by atoms with Gasteiger partial charge in [-0.1, -0.05) is 48.0 Å². The van der Waals surface area contributed by atoms with E-state index in [-0.39, 0.29) is 42.2 Å². The highest BCUT2D eigenvalue weighted by Gasteiger charge is 2.37. The average molecular weight is 741 g/mol. The van der Waals surface area contributed by atoms with Crippen molar-refractivity contribution in [2.24, 2.45) is 0 Å². The van der Waals surface area contributed by atoms with Crippen molar-refractivity contribution in [1.82, 2.24) is 19.6 Å². The standard InChI is InChI=1S/C38H44ClF3N6O4/c1-45(2)23-24-7-8-26-9-14-46(15-10-28(26)19-24)35(49)33(22-25-20-30(38(40,41)42)34(43)31(39)21-25)52-37(51)47-16-12-29(13-17-47)48-18-11-27-5-3-4-6-32(27)44-36(48)50/h3-8,19-21,29,33H,9-18,22-23,43H2,1-2H3,(H,44,50). The number of nitrogens with two attached hydrogens (primary N) is 1. The Hall–Kier alpha value is -4.49. The minimum Gasteiger partial charge on any atom is -0.436 e. The van der Waals surface area contributed by atoms with Gasteiger partial charge in [-0.3, -0.25) is 4.79 Å². The Morgan fingerprint density at radius 3 is 2.33 bits per heavy atom. The molecule has 6 rings (SSSR count). The topological polar surface area (TPSA) is 111 Å². The van der Waals surface area contributed by atoms with E-state index in [1.54, 1.807) is 9.80 Å². The molecule has 0 aliphatic carbocycles. The molecule has 3 aromatic rings. The number of fused-ring (bicyclic) bond motifs is 2. The van der Waals surface area contributed by atoms with E-state index in [2.05, 4.69) is 28.4 Å². The molecule has 0 saturated carbocycles. The van der Waals surface area contributed by atoms with Crippen molar-refractivity contribution in [3.63, 3.8) is 0 Å². The van der Waals surface area contributed by atoms with Crippen LogP contribution in [0.5, 0.6) is 0 Å². The maximum Gasteiger partial charge on any atom is 0.418 e. The van der Waals surface area contributed by atoms with Gasteiger partial charge < -0.3 is 35.4 Å². The fourth-order valence-electron chi connectivity index (χ4n) is 7.38. The van der Waals surface area contributed by atoms with Crippen LogP contribution in [0.4, 0.5) is 34.1 Å². The number of likely N-dealkylation sites (tertiary alicyclic amines) is 1. The van der Waals surface area contributed by atoms with E-state index in [9.17, 15) is 27.6 Å². The van der Waals surface area contributed by atoms with Crippen molar-refractivity contribution < 1.29 is 32.3 Å². The fraction of sp³-hybridized carbons (Fsp3) is 0.447. The van der Waals surface area contributed by atoms with Crippen molar-refractivity contribution in [1.29, 1.82) is 0 Å². The molecule has 1 fully saturated rings. The summed E-state index contributed by atoms with van der Waals surface area (Å²) in [7, 11) is 3.99. The number of nitrogen functional groups attached to an aromatic ring is 1. The molecule has 0 radical (unpaired) electrons. The highest BCUT2D eigenvalue weighted by atomic mass is 35.5. The zero-order valence-corrected chi connectivity index (χ0v) is 30.1. The molecular formula is C38H44ClF3N6O4. The van der Waals surface area contributed by atoms with E-state index >= 15 is 0 Å². The van der Waals surface area contributed by atoms with Crippen LogP contribution in [0, 0.1) is 0 Å². The predicted octanol–water partition coefficient (Wildman–Crippen LogP) is 6.23. The van der Waals surface area contributed by atoms with Crippen LogP contribution in [0.3, 0.4) is 0 Å². The SMILES string of the molecule is CN(C)Cc1ccc2c(c1)CCN(C(=O)C(Cc1cc(Cl)c(N)c(C(F)(F)F)c1)OC(=O)N1CCC(N3CCc4ccccc4NC3=O)CC1)CC2. The molecule has 0 bridgehead atoms. The van der Waals surface area contributed by atoms with Gasteiger partial charge in [-0.25, -0.2) is 9.59 Å². The van der Waals surface area contributed by atoms with E-state index in [0.29, 0.717) is 51.7 Å². The third-order valence-electron chi connectivity index (χ3n) is 10.1. The minimum absolute atomic E-state index is 0.0657. The zero-order valence-electron chi connectivity index (χ0n) is 29.3. The van der Waals surface area contributed by atoms with Crippen LogP contribution < -0.4 is 11.1 Å². The minimum atomic E-state index is -4.78. The molecule has 1 unspecified atom stereocenters. The molecular weight excluding hydrogens is 697 g/mol. The van der Waals surface area contributed by atoms with E-state index in [1.165, 1.54) is 11.0 Å². The largest absolute Gasteiger partial charge is 0.436 e. The first kappa shape index (κ1) is 37.3. The van der Waals surface area contributed by atoms with Crippen molar-refractivity contribution in [2.75, 3.05) is 57.9 Å². The van der Waals surface area contributed by atoms with Crippen LogP contribution >= 0.6 is 11.6 Å². The Morgan fingerprint density at radius 1 is 0.923 bits per heavy atom. The number of piperidine rings is 1. The van der Waals surface area contributed by atoms with E-state index in [1.807, 2.05) is 38.4 Å². The molecule has 10 nitrogen and oxygen atoms in total. The van der Waals surface area contributed by atoms with E-state index < -0.39 is 35.5 Å². The molecule has 278 valence electrons. The number of alkyl halides is 3. The van der Waals surface area contributed by atoms with Gasteiger partial charge in [0.2, 0.25) is 0 Å². The Morgan fingerprint density at radius 2 is 1.62 bits per heavy atom. The van der Waals surface area contributed by atoms with E-state index in [4.69, 9.17) is 22.1 Å². The molecule has 4 amide bonds. The number of para-hydroxylation sites is 1. The van der Waals surface area contributed by atoms with Gasteiger partial charge >= 0.3 is 18.3 Å². The second-order valence-corrected chi connectivity index (χ2v) is 14.4. The summed E-state index contributed by atoms with van der Waals surface area (Å²) in [6, 6.07) is 15.8. The van der Waals surface area contributed by atoms with Gasteiger partial charge in [-0.2, -0.15) is 13.2 Å². The number of urea groups is 1. The molecule has 3 N–H and O–H groups in total. The summed E-state index contributed by atoms with van der Waals surface area (Å²) in [5.74, 6) is -0.494. The third-order valence-corrected chi connectivity index (χ3v) is 10.4. The summed E-state index contributed by atoms with van der Waals surface area (Å²) >= 11 is 6.13. The van der Waals surface area contributed by atoms with Crippen LogP contribution in [-0.2, 0) is 47.9 Å². The lowest BCUT2D eigenvalue weighted by Gasteiger charge is -2.38. The maximum atomic E-state index is 14.2. The molecule has 3 heterocycles. The normalized spacial score (nSPS) is 17.5. The van der Waals surface area contributed by atoms with Crippen molar-refractivity contribution in [3.8, 4) is 0 Å². The number of carbonyl (C=O) groups excluding carboxylic acids is 3. The Balaban J connectivity index is 1.16. The van der Waals surface area contributed by atoms with Gasteiger partial charge in [0, 0.05) is 57.4 Å². The van der Waals surface area contributed by atoms with Crippen LogP contribution in [0.2, 0.25) is 5.02 Å².